The Morgan fingerprint density at radius 1 is 1.32 bits per heavy atom. The molecule has 0 saturated heterocycles. The van der Waals surface area contributed by atoms with Gasteiger partial charge in [-0.25, -0.2) is 0 Å². The number of nitriles is 1. The molecule has 0 aliphatic carbocycles. The Morgan fingerprint density at radius 3 is 2.45 bits per heavy atom. The van der Waals surface area contributed by atoms with Crippen LogP contribution in [0.15, 0.2) is 18.2 Å². The Kier molecular flexibility index (Phi) is 5.85. The summed E-state index contributed by atoms with van der Waals surface area (Å²) in [6.07, 6.45) is 0.851. The van der Waals surface area contributed by atoms with Gasteiger partial charge in [-0.15, -0.1) is 0 Å². The highest BCUT2D eigenvalue weighted by Gasteiger charge is 2.27. The lowest BCUT2D eigenvalue weighted by atomic mass is 9.82. The highest BCUT2D eigenvalue weighted by molar-refractivity contribution is 6.32. The summed E-state index contributed by atoms with van der Waals surface area (Å²) >= 11 is 6.00. The molecule has 0 aromatic heterocycles. The number of amides is 1. The zero-order valence-electron chi connectivity index (χ0n) is 13.8. The van der Waals surface area contributed by atoms with Crippen molar-refractivity contribution in [1.29, 1.82) is 5.26 Å². The molecular weight excluding hydrogens is 300 g/mol. The summed E-state index contributed by atoms with van der Waals surface area (Å²) in [6.45, 7) is 10.3. The predicted octanol–water partition coefficient (Wildman–Crippen LogP) is 3.92. The van der Waals surface area contributed by atoms with Crippen molar-refractivity contribution in [2.45, 2.75) is 46.6 Å². The van der Waals surface area contributed by atoms with Crippen LogP contribution in [0.2, 0.25) is 5.02 Å². The third-order valence-electron chi connectivity index (χ3n) is 2.87. The molecule has 120 valence electrons. The fraction of sp³-hybridized carbons (Fsp3) is 0.529. The normalized spacial score (nSPS) is 11.7. The zero-order valence-corrected chi connectivity index (χ0v) is 14.5. The minimum Gasteiger partial charge on any atom is -0.482 e. The van der Waals surface area contributed by atoms with Gasteiger partial charge in [-0.3, -0.25) is 4.79 Å². The molecule has 1 amide bonds. The molecule has 0 aliphatic rings. The van der Waals surface area contributed by atoms with Crippen LogP contribution in [0.5, 0.6) is 5.75 Å². The van der Waals surface area contributed by atoms with Gasteiger partial charge >= 0.3 is 0 Å². The third-order valence-corrected chi connectivity index (χ3v) is 3.17. The zero-order chi connectivity index (χ0) is 17.0. The summed E-state index contributed by atoms with van der Waals surface area (Å²) in [5.74, 6) is 0.194. The Hall–Kier alpha value is -1.73. The van der Waals surface area contributed by atoms with E-state index in [1.807, 2.05) is 19.9 Å². The highest BCUT2D eigenvalue weighted by atomic mass is 35.5. The summed E-state index contributed by atoms with van der Waals surface area (Å²) in [5, 5.41) is 12.1. The topological polar surface area (TPSA) is 62.1 Å². The second-order valence-electron chi connectivity index (χ2n) is 7.22. The van der Waals surface area contributed by atoms with Crippen molar-refractivity contribution in [3.8, 4) is 11.8 Å². The molecule has 1 N–H and O–H groups in total. The predicted molar refractivity (Wildman–Crippen MR) is 88.0 cm³/mol. The van der Waals surface area contributed by atoms with Crippen molar-refractivity contribution in [3.63, 3.8) is 0 Å². The SMILES string of the molecule is CC(C)(C)CC(C)(C)NC(=O)COc1ccc(C#N)cc1Cl. The average molecular weight is 323 g/mol. The van der Waals surface area contributed by atoms with E-state index in [-0.39, 0.29) is 23.5 Å². The van der Waals surface area contributed by atoms with Gasteiger partial charge in [0.05, 0.1) is 16.7 Å². The van der Waals surface area contributed by atoms with E-state index in [2.05, 4.69) is 26.1 Å². The molecule has 0 radical (unpaired) electrons. The summed E-state index contributed by atoms with van der Waals surface area (Å²) in [5.41, 5.74) is 0.259. The van der Waals surface area contributed by atoms with Gasteiger partial charge in [-0.2, -0.15) is 5.26 Å². The summed E-state index contributed by atoms with van der Waals surface area (Å²) in [6, 6.07) is 6.70. The van der Waals surface area contributed by atoms with Crippen molar-refractivity contribution in [2.24, 2.45) is 5.41 Å². The number of halogens is 1. The molecule has 1 aromatic carbocycles. The van der Waals surface area contributed by atoms with E-state index in [1.54, 1.807) is 12.1 Å². The van der Waals surface area contributed by atoms with E-state index < -0.39 is 0 Å². The van der Waals surface area contributed by atoms with Crippen molar-refractivity contribution >= 4 is 17.5 Å². The number of hydrogen-bond donors (Lipinski definition) is 1. The molecule has 0 fully saturated rings. The van der Waals surface area contributed by atoms with Crippen LogP contribution in [0.4, 0.5) is 0 Å². The van der Waals surface area contributed by atoms with Gasteiger partial charge in [-0.05, 0) is 43.9 Å². The Bertz CT molecular complexity index is 583. The van der Waals surface area contributed by atoms with Gasteiger partial charge in [0.1, 0.15) is 5.75 Å². The molecule has 1 aromatic rings. The molecule has 0 spiro atoms. The number of rotatable bonds is 5. The van der Waals surface area contributed by atoms with E-state index in [0.717, 1.165) is 6.42 Å². The Labute approximate surface area is 137 Å². The molecule has 5 heteroatoms. The first-order valence-corrected chi connectivity index (χ1v) is 7.54. The first kappa shape index (κ1) is 18.3. The molecule has 0 unspecified atom stereocenters. The summed E-state index contributed by atoms with van der Waals surface area (Å²) in [4.78, 5) is 12.0. The lowest BCUT2D eigenvalue weighted by Crippen LogP contribution is -2.47. The number of ether oxygens (including phenoxy) is 1. The maximum absolute atomic E-state index is 12.0. The first-order chi connectivity index (χ1) is 10.0. The van der Waals surface area contributed by atoms with E-state index in [0.29, 0.717) is 16.3 Å². The van der Waals surface area contributed by atoms with Crippen LogP contribution in [-0.2, 0) is 4.79 Å². The second kappa shape index (κ2) is 7.02. The molecular formula is C17H23ClN2O2. The number of nitrogens with zero attached hydrogens (tertiary/aromatic N) is 1. The lowest BCUT2D eigenvalue weighted by molar-refractivity contribution is -0.125. The van der Waals surface area contributed by atoms with Gasteiger partial charge in [0.15, 0.2) is 6.61 Å². The lowest BCUT2D eigenvalue weighted by Gasteiger charge is -2.33. The van der Waals surface area contributed by atoms with Crippen molar-refractivity contribution in [1.82, 2.24) is 5.32 Å². The van der Waals surface area contributed by atoms with Crippen molar-refractivity contribution in [3.05, 3.63) is 28.8 Å². The molecule has 4 nitrogen and oxygen atoms in total. The molecule has 1 rings (SSSR count). The molecule has 0 aliphatic heterocycles. The van der Waals surface area contributed by atoms with E-state index in [1.165, 1.54) is 6.07 Å². The number of carbonyl (C=O) groups is 1. The number of nitrogens with one attached hydrogen (secondary N) is 1. The smallest absolute Gasteiger partial charge is 0.258 e. The van der Waals surface area contributed by atoms with Crippen LogP contribution in [-0.4, -0.2) is 18.1 Å². The monoisotopic (exact) mass is 322 g/mol. The van der Waals surface area contributed by atoms with E-state index in [9.17, 15) is 4.79 Å². The van der Waals surface area contributed by atoms with Crippen molar-refractivity contribution < 1.29 is 9.53 Å². The molecule has 0 heterocycles. The summed E-state index contributed by atoms with van der Waals surface area (Å²) < 4.78 is 5.42. The van der Waals surface area contributed by atoms with Crippen LogP contribution >= 0.6 is 11.6 Å². The van der Waals surface area contributed by atoms with Gasteiger partial charge in [-0.1, -0.05) is 32.4 Å². The van der Waals surface area contributed by atoms with Crippen LogP contribution in [0.25, 0.3) is 0 Å². The van der Waals surface area contributed by atoms with Gasteiger partial charge < -0.3 is 10.1 Å². The molecule has 0 atom stereocenters. The van der Waals surface area contributed by atoms with Crippen LogP contribution < -0.4 is 10.1 Å². The third kappa shape index (κ3) is 6.36. The van der Waals surface area contributed by atoms with E-state index in [4.69, 9.17) is 21.6 Å². The summed E-state index contributed by atoms with van der Waals surface area (Å²) in [7, 11) is 0. The van der Waals surface area contributed by atoms with Gasteiger partial charge in [0.2, 0.25) is 0 Å². The van der Waals surface area contributed by atoms with Crippen LogP contribution in [0.1, 0.15) is 46.6 Å². The number of hydrogen-bond acceptors (Lipinski definition) is 3. The molecule has 0 bridgehead atoms. The standard InChI is InChI=1S/C17H23ClN2O2/c1-16(2,3)11-17(4,5)20-15(21)10-22-14-7-6-12(9-19)8-13(14)18/h6-8H,10-11H2,1-5H3,(H,20,21). The molecule has 22 heavy (non-hydrogen) atoms. The maximum atomic E-state index is 12.0. The van der Waals surface area contributed by atoms with Crippen LogP contribution in [0, 0.1) is 16.7 Å². The quantitative estimate of drug-likeness (QED) is 0.893. The number of carbonyl (C=O) groups excluding carboxylic acids is 1. The second-order valence-corrected chi connectivity index (χ2v) is 7.62. The minimum absolute atomic E-state index is 0.112. The van der Waals surface area contributed by atoms with Crippen LogP contribution in [0.3, 0.4) is 0 Å². The fourth-order valence-corrected chi connectivity index (χ4v) is 2.85. The van der Waals surface area contributed by atoms with E-state index >= 15 is 0 Å². The average Bonchev–Trinajstić information content (AvgIpc) is 2.33. The maximum Gasteiger partial charge on any atom is 0.258 e. The van der Waals surface area contributed by atoms with Gasteiger partial charge in [0.25, 0.3) is 5.91 Å². The largest absolute Gasteiger partial charge is 0.482 e. The highest BCUT2D eigenvalue weighted by Crippen LogP contribution is 2.27. The Morgan fingerprint density at radius 2 is 1.95 bits per heavy atom. The molecule has 0 saturated carbocycles. The minimum atomic E-state index is -0.312. The van der Waals surface area contributed by atoms with Crippen molar-refractivity contribution in [2.75, 3.05) is 6.61 Å². The Balaban J connectivity index is 2.58. The first-order valence-electron chi connectivity index (χ1n) is 7.16. The number of benzene rings is 1. The fourth-order valence-electron chi connectivity index (χ4n) is 2.61. The van der Waals surface area contributed by atoms with Gasteiger partial charge in [0, 0.05) is 5.54 Å².